The molecule has 1 aromatic rings. The second kappa shape index (κ2) is 3.55. The molecule has 4 atom stereocenters. The summed E-state index contributed by atoms with van der Waals surface area (Å²) in [6.45, 7) is 0. The summed E-state index contributed by atoms with van der Waals surface area (Å²) in [6.07, 6.45) is 5.41. The summed E-state index contributed by atoms with van der Waals surface area (Å²) in [5, 5.41) is 0. The van der Waals surface area contributed by atoms with Crippen LogP contribution in [0.5, 0.6) is 0 Å². The fourth-order valence-corrected chi connectivity index (χ4v) is 3.33. The molecule has 3 aliphatic rings. The molecule has 1 saturated carbocycles. The van der Waals surface area contributed by atoms with E-state index in [1.54, 1.807) is 0 Å². The van der Waals surface area contributed by atoms with Gasteiger partial charge in [-0.25, -0.2) is 4.99 Å². The lowest BCUT2D eigenvalue weighted by atomic mass is 9.88. The van der Waals surface area contributed by atoms with Crippen molar-refractivity contribution in [2.24, 2.45) is 22.7 Å². The van der Waals surface area contributed by atoms with Gasteiger partial charge in [-0.2, -0.15) is 0 Å². The molecule has 2 aliphatic carbocycles. The normalized spacial score (nSPS) is 36.2. The van der Waals surface area contributed by atoms with Crippen LogP contribution in [0.2, 0.25) is 0 Å². The van der Waals surface area contributed by atoms with Gasteiger partial charge in [-0.1, -0.05) is 30.4 Å². The number of carbonyl (C=O) groups is 1. The van der Waals surface area contributed by atoms with E-state index in [1.165, 1.54) is 0 Å². The highest BCUT2D eigenvalue weighted by Gasteiger charge is 2.51. The monoisotopic (exact) mass is 239 g/mol. The molecule has 0 radical (unpaired) electrons. The summed E-state index contributed by atoms with van der Waals surface area (Å²) in [5.41, 5.74) is 0.885. The summed E-state index contributed by atoms with van der Waals surface area (Å²) >= 11 is 0. The van der Waals surface area contributed by atoms with Crippen molar-refractivity contribution < 1.29 is 9.53 Å². The predicted molar refractivity (Wildman–Crippen MR) is 67.1 cm³/mol. The molecule has 1 heterocycles. The number of nitrogens with zero attached hydrogens (tertiary/aromatic N) is 1. The van der Waals surface area contributed by atoms with Gasteiger partial charge in [0.25, 0.3) is 0 Å². The summed E-state index contributed by atoms with van der Waals surface area (Å²) in [4.78, 5) is 16.8. The van der Waals surface area contributed by atoms with E-state index >= 15 is 0 Å². The van der Waals surface area contributed by atoms with Crippen molar-refractivity contribution in [3.63, 3.8) is 0 Å². The molecule has 1 aliphatic heterocycles. The minimum atomic E-state index is -0.106. The molecular formula is C15H13NO2. The summed E-state index contributed by atoms with van der Waals surface area (Å²) in [7, 11) is 0. The van der Waals surface area contributed by atoms with Gasteiger partial charge < -0.3 is 4.74 Å². The zero-order valence-electron chi connectivity index (χ0n) is 9.82. The molecular weight excluding hydrogens is 226 g/mol. The fourth-order valence-electron chi connectivity index (χ4n) is 3.33. The maximum Gasteiger partial charge on any atom is 0.318 e. The minimum Gasteiger partial charge on any atom is -0.407 e. The third-order valence-electron chi connectivity index (χ3n) is 4.17. The van der Waals surface area contributed by atoms with Crippen molar-refractivity contribution in [2.75, 3.05) is 0 Å². The van der Waals surface area contributed by atoms with Crippen LogP contribution in [-0.4, -0.2) is 17.9 Å². The largest absolute Gasteiger partial charge is 0.407 e. The topological polar surface area (TPSA) is 38.7 Å². The number of cyclic esters (lactones) is 1. The highest BCUT2D eigenvalue weighted by atomic mass is 16.5. The van der Waals surface area contributed by atoms with Crippen molar-refractivity contribution in [3.8, 4) is 0 Å². The zero-order chi connectivity index (χ0) is 12.1. The first-order valence-corrected chi connectivity index (χ1v) is 6.36. The van der Waals surface area contributed by atoms with Gasteiger partial charge in [-0.15, -0.1) is 0 Å². The quantitative estimate of drug-likeness (QED) is 0.556. The third-order valence-corrected chi connectivity index (χ3v) is 4.17. The SMILES string of the molecule is O=C1OC(c2ccccc2)=N[C@H]2[C@@H]1[C@H]1C=C[C@@H]2C1. The number of esters is 1. The van der Waals surface area contributed by atoms with E-state index in [-0.39, 0.29) is 17.9 Å². The van der Waals surface area contributed by atoms with Gasteiger partial charge in [0, 0.05) is 11.5 Å². The lowest BCUT2D eigenvalue weighted by Crippen LogP contribution is -2.38. The van der Waals surface area contributed by atoms with Crippen molar-refractivity contribution in [3.05, 3.63) is 48.0 Å². The number of benzene rings is 1. The van der Waals surface area contributed by atoms with Gasteiger partial charge in [-0.3, -0.25) is 4.79 Å². The maximum absolute atomic E-state index is 12.1. The number of rotatable bonds is 1. The summed E-state index contributed by atoms with van der Waals surface area (Å²) in [5.74, 6) is 1.10. The van der Waals surface area contributed by atoms with E-state index in [2.05, 4.69) is 17.1 Å². The van der Waals surface area contributed by atoms with Gasteiger partial charge in [0.05, 0.1) is 12.0 Å². The van der Waals surface area contributed by atoms with E-state index in [4.69, 9.17) is 4.74 Å². The molecule has 0 saturated heterocycles. The number of carbonyl (C=O) groups excluding carboxylic acids is 1. The lowest BCUT2D eigenvalue weighted by Gasteiger charge is -2.28. The molecule has 0 N–H and O–H groups in total. The smallest absolute Gasteiger partial charge is 0.318 e. The van der Waals surface area contributed by atoms with Crippen LogP contribution in [-0.2, 0) is 9.53 Å². The Balaban J connectivity index is 1.75. The highest BCUT2D eigenvalue weighted by Crippen LogP contribution is 2.47. The van der Waals surface area contributed by atoms with Gasteiger partial charge in [0.1, 0.15) is 0 Å². The van der Waals surface area contributed by atoms with E-state index in [1.807, 2.05) is 30.3 Å². The molecule has 0 aromatic heterocycles. The van der Waals surface area contributed by atoms with Crippen LogP contribution >= 0.6 is 0 Å². The first-order chi connectivity index (χ1) is 8.83. The molecule has 2 bridgehead atoms. The van der Waals surface area contributed by atoms with Crippen LogP contribution in [0.1, 0.15) is 12.0 Å². The molecule has 0 unspecified atom stereocenters. The molecule has 3 heteroatoms. The minimum absolute atomic E-state index is 0.0486. The van der Waals surface area contributed by atoms with Gasteiger partial charge in [0.2, 0.25) is 5.90 Å². The van der Waals surface area contributed by atoms with Crippen molar-refractivity contribution in [1.29, 1.82) is 0 Å². The Morgan fingerprint density at radius 2 is 1.89 bits per heavy atom. The van der Waals surface area contributed by atoms with Crippen molar-refractivity contribution in [1.82, 2.24) is 0 Å². The number of fused-ring (bicyclic) bond motifs is 5. The second-order valence-corrected chi connectivity index (χ2v) is 5.19. The third kappa shape index (κ3) is 1.30. The lowest BCUT2D eigenvalue weighted by molar-refractivity contribution is -0.142. The van der Waals surface area contributed by atoms with Crippen LogP contribution in [0, 0.1) is 17.8 Å². The summed E-state index contributed by atoms with van der Waals surface area (Å²) in [6, 6.07) is 9.75. The van der Waals surface area contributed by atoms with Gasteiger partial charge in [0.15, 0.2) is 0 Å². The molecule has 1 fully saturated rings. The van der Waals surface area contributed by atoms with Crippen LogP contribution < -0.4 is 0 Å². The zero-order valence-corrected chi connectivity index (χ0v) is 9.82. The molecule has 18 heavy (non-hydrogen) atoms. The fraction of sp³-hybridized carbons (Fsp3) is 0.333. The Morgan fingerprint density at radius 3 is 2.72 bits per heavy atom. The van der Waals surface area contributed by atoms with Crippen LogP contribution in [0.15, 0.2) is 47.5 Å². The first-order valence-electron chi connectivity index (χ1n) is 6.36. The van der Waals surface area contributed by atoms with Crippen LogP contribution in [0.4, 0.5) is 0 Å². The first kappa shape index (κ1) is 10.1. The van der Waals surface area contributed by atoms with Crippen LogP contribution in [0.3, 0.4) is 0 Å². The number of hydrogen-bond donors (Lipinski definition) is 0. The Kier molecular flexibility index (Phi) is 1.98. The van der Waals surface area contributed by atoms with E-state index in [0.29, 0.717) is 17.7 Å². The average molecular weight is 239 g/mol. The Morgan fingerprint density at radius 1 is 1.11 bits per heavy atom. The Bertz CT molecular complexity index is 561. The molecule has 90 valence electrons. The van der Waals surface area contributed by atoms with Crippen LogP contribution in [0.25, 0.3) is 0 Å². The van der Waals surface area contributed by atoms with Crippen molar-refractivity contribution >= 4 is 11.9 Å². The second-order valence-electron chi connectivity index (χ2n) is 5.19. The molecule has 3 nitrogen and oxygen atoms in total. The number of ether oxygens (including phenoxy) is 1. The molecule has 4 rings (SSSR count). The Hall–Kier alpha value is -1.90. The van der Waals surface area contributed by atoms with Gasteiger partial charge >= 0.3 is 5.97 Å². The summed E-state index contributed by atoms with van der Waals surface area (Å²) < 4.78 is 5.42. The Labute approximate surface area is 105 Å². The van der Waals surface area contributed by atoms with E-state index < -0.39 is 0 Å². The molecule has 1 aromatic carbocycles. The van der Waals surface area contributed by atoms with Crippen molar-refractivity contribution in [2.45, 2.75) is 12.5 Å². The molecule has 0 spiro atoms. The van der Waals surface area contributed by atoms with E-state index in [9.17, 15) is 4.79 Å². The van der Waals surface area contributed by atoms with E-state index in [0.717, 1.165) is 12.0 Å². The number of aliphatic imine (C=N–C) groups is 1. The van der Waals surface area contributed by atoms with Gasteiger partial charge in [-0.05, 0) is 24.5 Å². The highest BCUT2D eigenvalue weighted by molar-refractivity contribution is 6.03. The number of allylic oxidation sites excluding steroid dienone is 1. The standard InChI is InChI=1S/C15H13NO2/c17-15-12-10-6-7-11(8-10)13(12)16-14(18-15)9-4-2-1-3-5-9/h1-7,10-13H,8H2/t10-,11+,12-,13+/m0/s1. The predicted octanol–water partition coefficient (Wildman–Crippen LogP) is 2.18. The number of hydrogen-bond acceptors (Lipinski definition) is 3. The average Bonchev–Trinajstić information content (AvgIpc) is 3.01. The molecule has 0 amide bonds. The maximum atomic E-state index is 12.1.